The van der Waals surface area contributed by atoms with Crippen LogP contribution in [0.25, 0.3) is 0 Å². The molecule has 154 valence electrons. The van der Waals surface area contributed by atoms with Crippen molar-refractivity contribution in [1.82, 2.24) is 0 Å². The largest absolute Gasteiger partial charge is 0.462 e. The highest BCUT2D eigenvalue weighted by Crippen LogP contribution is 2.38. The number of carbonyl (C=O) groups excluding carboxylic acids is 2. The summed E-state index contributed by atoms with van der Waals surface area (Å²) in [5, 5.41) is 14.3. The molecule has 0 spiro atoms. The second-order valence-electron chi connectivity index (χ2n) is 7.06. The Kier molecular flexibility index (Phi) is 6.64. The highest BCUT2D eigenvalue weighted by Gasteiger charge is 2.26. The standard InChI is InChI=1S/C21H24N2O5S/c1-3-28-21(25)18-15-8-6-4-5-7-9-17(15)29-20(18)22-19(24)14-10-11-16(23(26)27)13(2)12-14/h10-12H,3-9H2,1-2H3,(H,22,24). The molecular formula is C21H24N2O5S. The Hall–Kier alpha value is -2.74. The molecule has 7 nitrogen and oxygen atoms in total. The van der Waals surface area contributed by atoms with Gasteiger partial charge >= 0.3 is 5.97 Å². The molecule has 1 aliphatic rings. The third-order valence-electron chi connectivity index (χ3n) is 5.03. The fourth-order valence-electron chi connectivity index (χ4n) is 3.60. The van der Waals surface area contributed by atoms with Crippen molar-refractivity contribution in [3.63, 3.8) is 0 Å². The minimum Gasteiger partial charge on any atom is -0.462 e. The van der Waals surface area contributed by atoms with Gasteiger partial charge in [-0.05, 0) is 57.2 Å². The minimum absolute atomic E-state index is 0.0344. The van der Waals surface area contributed by atoms with Crippen molar-refractivity contribution >= 4 is 33.9 Å². The zero-order chi connectivity index (χ0) is 21.0. The molecular weight excluding hydrogens is 392 g/mol. The van der Waals surface area contributed by atoms with Crippen molar-refractivity contribution in [2.75, 3.05) is 11.9 Å². The second kappa shape index (κ2) is 9.17. The molecule has 0 saturated carbocycles. The number of rotatable bonds is 5. The Morgan fingerprint density at radius 1 is 1.21 bits per heavy atom. The summed E-state index contributed by atoms with van der Waals surface area (Å²) in [6.45, 7) is 3.61. The molecule has 0 atom stereocenters. The van der Waals surface area contributed by atoms with E-state index in [4.69, 9.17) is 4.74 Å². The monoisotopic (exact) mass is 416 g/mol. The van der Waals surface area contributed by atoms with Gasteiger partial charge in [-0.3, -0.25) is 14.9 Å². The smallest absolute Gasteiger partial charge is 0.341 e. The lowest BCUT2D eigenvalue weighted by molar-refractivity contribution is -0.385. The first-order chi connectivity index (χ1) is 13.9. The van der Waals surface area contributed by atoms with Crippen LogP contribution in [-0.2, 0) is 17.6 Å². The third kappa shape index (κ3) is 4.64. The summed E-state index contributed by atoms with van der Waals surface area (Å²) >= 11 is 1.43. The first-order valence-corrected chi connectivity index (χ1v) is 10.6. The quantitative estimate of drug-likeness (QED) is 0.418. The van der Waals surface area contributed by atoms with Gasteiger partial charge in [0.15, 0.2) is 0 Å². The molecule has 1 aliphatic carbocycles. The summed E-state index contributed by atoms with van der Waals surface area (Å²) in [6.07, 6.45) is 6.04. The number of nitro groups is 1. The third-order valence-corrected chi connectivity index (χ3v) is 6.24. The Morgan fingerprint density at radius 2 is 1.93 bits per heavy atom. The van der Waals surface area contributed by atoms with Crippen molar-refractivity contribution in [2.45, 2.75) is 52.4 Å². The number of amides is 1. The highest BCUT2D eigenvalue weighted by molar-refractivity contribution is 7.17. The summed E-state index contributed by atoms with van der Waals surface area (Å²) in [5.74, 6) is -0.816. The van der Waals surface area contributed by atoms with Gasteiger partial charge in [0.1, 0.15) is 5.00 Å². The molecule has 1 N–H and O–H groups in total. The van der Waals surface area contributed by atoms with Crippen LogP contribution >= 0.6 is 11.3 Å². The van der Waals surface area contributed by atoms with E-state index in [0.717, 1.165) is 49.0 Å². The number of benzene rings is 1. The van der Waals surface area contributed by atoms with Gasteiger partial charge in [0.05, 0.1) is 17.1 Å². The number of thiophene rings is 1. The zero-order valence-electron chi connectivity index (χ0n) is 16.6. The van der Waals surface area contributed by atoms with E-state index in [1.807, 2.05) is 0 Å². The molecule has 29 heavy (non-hydrogen) atoms. The Balaban J connectivity index is 1.94. The Labute approximate surface area is 173 Å². The van der Waals surface area contributed by atoms with Gasteiger partial charge in [-0.15, -0.1) is 11.3 Å². The van der Waals surface area contributed by atoms with E-state index < -0.39 is 16.8 Å². The second-order valence-corrected chi connectivity index (χ2v) is 8.16. The molecule has 3 rings (SSSR count). The van der Waals surface area contributed by atoms with Crippen LogP contribution in [0.4, 0.5) is 10.7 Å². The van der Waals surface area contributed by atoms with Crippen LogP contribution in [0, 0.1) is 17.0 Å². The molecule has 0 radical (unpaired) electrons. The Bertz CT molecular complexity index is 951. The minimum atomic E-state index is -0.477. The van der Waals surface area contributed by atoms with Crippen LogP contribution in [0.3, 0.4) is 0 Å². The van der Waals surface area contributed by atoms with Gasteiger partial charge in [-0.1, -0.05) is 12.8 Å². The average Bonchev–Trinajstić information content (AvgIpc) is 2.97. The average molecular weight is 416 g/mol. The van der Waals surface area contributed by atoms with Crippen molar-refractivity contribution in [3.05, 3.63) is 55.4 Å². The number of nitrogens with one attached hydrogen (secondary N) is 1. The van der Waals surface area contributed by atoms with Gasteiger partial charge < -0.3 is 10.1 Å². The molecule has 2 aromatic rings. The fraction of sp³-hybridized carbons (Fsp3) is 0.429. The zero-order valence-corrected chi connectivity index (χ0v) is 17.4. The van der Waals surface area contributed by atoms with Gasteiger partial charge in [0.2, 0.25) is 0 Å². The number of carbonyl (C=O) groups is 2. The summed E-state index contributed by atoms with van der Waals surface area (Å²) in [5.41, 5.74) is 2.13. The number of aryl methyl sites for hydroxylation is 2. The first kappa shape index (κ1) is 21.0. The number of hydrogen-bond donors (Lipinski definition) is 1. The Morgan fingerprint density at radius 3 is 2.59 bits per heavy atom. The molecule has 0 unspecified atom stereocenters. The molecule has 1 heterocycles. The SMILES string of the molecule is CCOC(=O)c1c(NC(=O)c2ccc([N+](=O)[O-])c(C)c2)sc2c1CCCCCC2. The molecule has 1 aromatic carbocycles. The van der Waals surface area contributed by atoms with E-state index >= 15 is 0 Å². The number of fused-ring (bicyclic) bond motifs is 1. The van der Waals surface area contributed by atoms with Crippen LogP contribution in [0.15, 0.2) is 18.2 Å². The summed E-state index contributed by atoms with van der Waals surface area (Å²) in [7, 11) is 0. The maximum absolute atomic E-state index is 12.8. The van der Waals surface area contributed by atoms with Crippen molar-refractivity contribution in [2.24, 2.45) is 0 Å². The van der Waals surface area contributed by atoms with Gasteiger partial charge in [-0.2, -0.15) is 0 Å². The van der Waals surface area contributed by atoms with E-state index in [1.165, 1.54) is 29.5 Å². The van der Waals surface area contributed by atoms with Gasteiger partial charge in [-0.25, -0.2) is 4.79 Å². The normalized spacial score (nSPS) is 13.7. The summed E-state index contributed by atoms with van der Waals surface area (Å²) in [4.78, 5) is 37.1. The number of esters is 1. The lowest BCUT2D eigenvalue weighted by atomic mass is 9.96. The van der Waals surface area contributed by atoms with Crippen molar-refractivity contribution in [3.8, 4) is 0 Å². The molecule has 0 fully saturated rings. The molecule has 1 aromatic heterocycles. The maximum atomic E-state index is 12.8. The molecule has 0 bridgehead atoms. The highest BCUT2D eigenvalue weighted by atomic mass is 32.1. The predicted octanol–water partition coefficient (Wildman–Crippen LogP) is 5.05. The number of ether oxygens (including phenoxy) is 1. The number of hydrogen-bond acceptors (Lipinski definition) is 6. The fourth-order valence-corrected chi connectivity index (χ4v) is 4.88. The van der Waals surface area contributed by atoms with Crippen LogP contribution in [0.5, 0.6) is 0 Å². The van der Waals surface area contributed by atoms with Crippen molar-refractivity contribution < 1.29 is 19.2 Å². The molecule has 8 heteroatoms. The maximum Gasteiger partial charge on any atom is 0.341 e. The lowest BCUT2D eigenvalue weighted by Gasteiger charge is -2.11. The molecule has 1 amide bonds. The van der Waals surface area contributed by atoms with Crippen LogP contribution in [-0.4, -0.2) is 23.4 Å². The van der Waals surface area contributed by atoms with Crippen LogP contribution < -0.4 is 5.32 Å². The number of anilines is 1. The summed E-state index contributed by atoms with van der Waals surface area (Å²) in [6, 6.07) is 4.24. The van der Waals surface area contributed by atoms with E-state index in [0.29, 0.717) is 21.7 Å². The van der Waals surface area contributed by atoms with Crippen LogP contribution in [0.1, 0.15) is 69.3 Å². The van der Waals surface area contributed by atoms with Crippen LogP contribution in [0.2, 0.25) is 0 Å². The first-order valence-electron chi connectivity index (χ1n) is 9.80. The number of nitro benzene ring substituents is 1. The topological polar surface area (TPSA) is 98.5 Å². The lowest BCUT2D eigenvalue weighted by Crippen LogP contribution is -2.15. The van der Waals surface area contributed by atoms with E-state index in [9.17, 15) is 19.7 Å². The van der Waals surface area contributed by atoms with E-state index in [1.54, 1.807) is 13.8 Å². The van der Waals surface area contributed by atoms with Gasteiger partial charge in [0.25, 0.3) is 11.6 Å². The van der Waals surface area contributed by atoms with Crippen molar-refractivity contribution in [1.29, 1.82) is 0 Å². The summed E-state index contributed by atoms with van der Waals surface area (Å²) < 4.78 is 5.26. The van der Waals surface area contributed by atoms with Gasteiger partial charge in [0, 0.05) is 22.1 Å². The number of nitrogens with zero attached hydrogens (tertiary/aromatic N) is 1. The van der Waals surface area contributed by atoms with E-state index in [2.05, 4.69) is 5.32 Å². The predicted molar refractivity (Wildman–Crippen MR) is 112 cm³/mol. The molecule has 0 saturated heterocycles. The molecule has 0 aliphatic heterocycles. The van der Waals surface area contributed by atoms with E-state index in [-0.39, 0.29) is 12.3 Å².